The van der Waals surface area contributed by atoms with E-state index in [2.05, 4.69) is 17.1 Å². The fraction of sp³-hybridized carbons (Fsp3) is 1.00. The molecule has 0 radical (unpaired) electrons. The van der Waals surface area contributed by atoms with E-state index in [1.54, 1.807) is 0 Å². The quantitative estimate of drug-likeness (QED) is 0.755. The Morgan fingerprint density at radius 2 is 2.06 bits per heavy atom. The van der Waals surface area contributed by atoms with Gasteiger partial charge in [-0.05, 0) is 45.1 Å². The summed E-state index contributed by atoms with van der Waals surface area (Å²) in [6, 6.07) is 1.60. The molecule has 0 amide bonds. The zero-order valence-corrected chi connectivity index (χ0v) is 11.8. The Labute approximate surface area is 111 Å². The molecule has 2 atom stereocenters. The molecule has 3 aliphatic rings. The summed E-state index contributed by atoms with van der Waals surface area (Å²) in [6.45, 7) is 5.53. The van der Waals surface area contributed by atoms with E-state index in [0.717, 1.165) is 24.5 Å². The highest BCUT2D eigenvalue weighted by Crippen LogP contribution is 2.37. The topological polar surface area (TPSA) is 41.3 Å². The molecule has 3 N–H and O–H groups in total. The molecule has 0 bridgehead atoms. The Balaban J connectivity index is 1.50. The van der Waals surface area contributed by atoms with Gasteiger partial charge in [-0.2, -0.15) is 0 Å². The molecule has 3 heteroatoms. The summed E-state index contributed by atoms with van der Waals surface area (Å²) in [4.78, 5) is 2.70. The maximum absolute atomic E-state index is 6.09. The number of rotatable bonds is 6. The van der Waals surface area contributed by atoms with Crippen LogP contribution in [0.5, 0.6) is 0 Å². The van der Waals surface area contributed by atoms with E-state index in [9.17, 15) is 0 Å². The lowest BCUT2D eigenvalue weighted by atomic mass is 9.83. The molecule has 1 aliphatic heterocycles. The number of nitrogens with two attached hydrogens (primary N) is 1. The summed E-state index contributed by atoms with van der Waals surface area (Å²) in [5, 5.41) is 3.82. The highest BCUT2D eigenvalue weighted by atomic mass is 15.3. The van der Waals surface area contributed by atoms with Gasteiger partial charge in [-0.1, -0.05) is 19.3 Å². The third-order valence-electron chi connectivity index (χ3n) is 5.42. The first-order valence-corrected chi connectivity index (χ1v) is 7.93. The normalized spacial score (nSPS) is 38.0. The lowest BCUT2D eigenvalue weighted by Gasteiger charge is -2.32. The van der Waals surface area contributed by atoms with Crippen molar-refractivity contribution < 1.29 is 0 Å². The zero-order chi connectivity index (χ0) is 12.6. The zero-order valence-electron chi connectivity index (χ0n) is 11.8. The van der Waals surface area contributed by atoms with E-state index >= 15 is 0 Å². The van der Waals surface area contributed by atoms with Crippen LogP contribution in [0, 0.1) is 5.92 Å². The second-order valence-electron chi connectivity index (χ2n) is 6.95. The number of likely N-dealkylation sites (tertiary alicyclic amines) is 1. The summed E-state index contributed by atoms with van der Waals surface area (Å²) >= 11 is 0. The van der Waals surface area contributed by atoms with Crippen molar-refractivity contribution in [2.75, 3.05) is 19.6 Å². The summed E-state index contributed by atoms with van der Waals surface area (Å²) in [6.07, 6.45) is 9.80. The third kappa shape index (κ3) is 2.59. The molecule has 0 aromatic heterocycles. The van der Waals surface area contributed by atoms with E-state index in [-0.39, 0.29) is 5.54 Å². The Hall–Kier alpha value is -0.120. The average molecular weight is 251 g/mol. The van der Waals surface area contributed by atoms with Crippen LogP contribution in [-0.2, 0) is 0 Å². The summed E-state index contributed by atoms with van der Waals surface area (Å²) in [5.74, 6) is 1.01. The van der Waals surface area contributed by atoms with Gasteiger partial charge >= 0.3 is 0 Å². The minimum atomic E-state index is 0.214. The van der Waals surface area contributed by atoms with Crippen LogP contribution < -0.4 is 11.1 Å². The molecule has 3 fully saturated rings. The third-order valence-corrected chi connectivity index (χ3v) is 5.42. The molecule has 18 heavy (non-hydrogen) atoms. The van der Waals surface area contributed by atoms with Gasteiger partial charge in [0, 0.05) is 30.7 Å². The minimum Gasteiger partial charge on any atom is -0.329 e. The van der Waals surface area contributed by atoms with Crippen LogP contribution in [-0.4, -0.2) is 42.2 Å². The van der Waals surface area contributed by atoms with E-state index in [1.165, 1.54) is 58.0 Å². The lowest BCUT2D eigenvalue weighted by molar-refractivity contribution is 0.234. The van der Waals surface area contributed by atoms with Crippen molar-refractivity contribution in [1.29, 1.82) is 0 Å². The van der Waals surface area contributed by atoms with E-state index in [1.807, 2.05) is 0 Å². The molecule has 0 aromatic carbocycles. The van der Waals surface area contributed by atoms with Crippen LogP contribution in [0.3, 0.4) is 0 Å². The number of nitrogens with one attached hydrogen (secondary N) is 1. The Bertz CT molecular complexity index is 285. The van der Waals surface area contributed by atoms with Gasteiger partial charge in [-0.25, -0.2) is 0 Å². The van der Waals surface area contributed by atoms with E-state index in [4.69, 9.17) is 5.73 Å². The molecular weight excluding hydrogens is 222 g/mol. The van der Waals surface area contributed by atoms with E-state index < -0.39 is 0 Å². The Morgan fingerprint density at radius 1 is 1.28 bits per heavy atom. The van der Waals surface area contributed by atoms with Crippen LogP contribution in [0.15, 0.2) is 0 Å². The van der Waals surface area contributed by atoms with Gasteiger partial charge in [0.15, 0.2) is 0 Å². The molecule has 3 nitrogen and oxygen atoms in total. The van der Waals surface area contributed by atoms with Crippen molar-refractivity contribution >= 4 is 0 Å². The van der Waals surface area contributed by atoms with Crippen LogP contribution in [0.2, 0.25) is 0 Å². The highest BCUT2D eigenvalue weighted by Gasteiger charge is 2.45. The smallest absolute Gasteiger partial charge is 0.0447 e. The van der Waals surface area contributed by atoms with Gasteiger partial charge in [0.25, 0.3) is 0 Å². The van der Waals surface area contributed by atoms with Crippen molar-refractivity contribution in [3.05, 3.63) is 0 Å². The molecule has 0 spiro atoms. The molecule has 2 unspecified atom stereocenters. The summed E-state index contributed by atoms with van der Waals surface area (Å²) < 4.78 is 0. The molecule has 104 valence electrons. The van der Waals surface area contributed by atoms with Crippen LogP contribution >= 0.6 is 0 Å². The highest BCUT2D eigenvalue weighted by molar-refractivity contribution is 5.05. The number of nitrogens with zero attached hydrogens (tertiary/aromatic N) is 1. The average Bonchev–Trinajstić information content (AvgIpc) is 3.08. The van der Waals surface area contributed by atoms with Gasteiger partial charge in [-0.15, -0.1) is 0 Å². The van der Waals surface area contributed by atoms with Gasteiger partial charge in [0.05, 0.1) is 0 Å². The molecular formula is C15H29N3. The first kappa shape index (κ1) is 12.9. The second-order valence-corrected chi connectivity index (χ2v) is 6.95. The SMILES string of the molecule is CC1CC(CN)(NCCC2CCC2)CN1C1CC1. The fourth-order valence-corrected chi connectivity index (χ4v) is 3.82. The number of hydrogen-bond donors (Lipinski definition) is 2. The summed E-state index contributed by atoms with van der Waals surface area (Å²) in [5.41, 5.74) is 6.30. The Kier molecular flexibility index (Phi) is 3.65. The van der Waals surface area contributed by atoms with Crippen LogP contribution in [0.4, 0.5) is 0 Å². The molecule has 1 saturated heterocycles. The standard InChI is InChI=1S/C15H29N3/c1-12-9-15(10-16,11-18(12)14-5-6-14)17-8-7-13-3-2-4-13/h12-14,17H,2-11,16H2,1H3. The Morgan fingerprint density at radius 3 is 2.61 bits per heavy atom. The van der Waals surface area contributed by atoms with Crippen molar-refractivity contribution in [2.45, 2.75) is 69.5 Å². The largest absolute Gasteiger partial charge is 0.329 e. The minimum absolute atomic E-state index is 0.214. The summed E-state index contributed by atoms with van der Waals surface area (Å²) in [7, 11) is 0. The molecule has 1 heterocycles. The predicted molar refractivity (Wildman–Crippen MR) is 75.6 cm³/mol. The monoisotopic (exact) mass is 251 g/mol. The first-order chi connectivity index (χ1) is 8.72. The van der Waals surface area contributed by atoms with Crippen LogP contribution in [0.25, 0.3) is 0 Å². The molecule has 0 aromatic rings. The maximum Gasteiger partial charge on any atom is 0.0447 e. The van der Waals surface area contributed by atoms with Gasteiger partial charge < -0.3 is 11.1 Å². The fourth-order valence-electron chi connectivity index (χ4n) is 3.82. The maximum atomic E-state index is 6.09. The van der Waals surface area contributed by atoms with Gasteiger partial charge in [0.2, 0.25) is 0 Å². The first-order valence-electron chi connectivity index (χ1n) is 7.93. The van der Waals surface area contributed by atoms with Gasteiger partial charge in [-0.3, -0.25) is 4.90 Å². The number of hydrogen-bond acceptors (Lipinski definition) is 3. The van der Waals surface area contributed by atoms with Crippen molar-refractivity contribution in [3.63, 3.8) is 0 Å². The van der Waals surface area contributed by atoms with Crippen molar-refractivity contribution in [2.24, 2.45) is 11.7 Å². The van der Waals surface area contributed by atoms with E-state index in [0.29, 0.717) is 0 Å². The second kappa shape index (κ2) is 5.10. The molecule has 2 saturated carbocycles. The van der Waals surface area contributed by atoms with Gasteiger partial charge in [0.1, 0.15) is 0 Å². The van der Waals surface area contributed by atoms with Crippen LogP contribution in [0.1, 0.15) is 51.9 Å². The molecule has 2 aliphatic carbocycles. The van der Waals surface area contributed by atoms with Crippen molar-refractivity contribution in [3.8, 4) is 0 Å². The predicted octanol–water partition coefficient (Wildman–Crippen LogP) is 1.72. The van der Waals surface area contributed by atoms with Crippen molar-refractivity contribution in [1.82, 2.24) is 10.2 Å². The lowest BCUT2D eigenvalue weighted by Crippen LogP contribution is -2.53. The molecule has 3 rings (SSSR count).